The van der Waals surface area contributed by atoms with Gasteiger partial charge in [0.05, 0.1) is 11.4 Å². The molecule has 0 heterocycles. The van der Waals surface area contributed by atoms with Gasteiger partial charge in [-0.1, -0.05) is 29.7 Å². The van der Waals surface area contributed by atoms with Crippen molar-refractivity contribution in [3.8, 4) is 0 Å². The van der Waals surface area contributed by atoms with Crippen molar-refractivity contribution in [3.05, 3.63) is 11.6 Å². The summed E-state index contributed by atoms with van der Waals surface area (Å²) in [6.45, 7) is 6.94. The van der Waals surface area contributed by atoms with Crippen LogP contribution in [-0.2, 0) is 0 Å². The van der Waals surface area contributed by atoms with Crippen LogP contribution in [0.1, 0.15) is 72.1 Å². The molecule has 0 unspecified atom stereocenters. The molecular weight excluding hydrogens is 312 g/mol. The third kappa shape index (κ3) is 2.32. The number of nitrogens with zero attached hydrogens (tertiary/aromatic N) is 2. The maximum atomic E-state index is 9.32. The van der Waals surface area contributed by atoms with Gasteiger partial charge in [0.25, 0.3) is 0 Å². The molecule has 6 atom stereocenters. The van der Waals surface area contributed by atoms with Crippen LogP contribution in [0, 0.1) is 34.5 Å². The van der Waals surface area contributed by atoms with Crippen molar-refractivity contribution in [3.63, 3.8) is 0 Å². The molecule has 25 heavy (non-hydrogen) atoms. The predicted molar refractivity (Wildman–Crippen MR) is 99.3 cm³/mol. The summed E-state index contributed by atoms with van der Waals surface area (Å²) < 4.78 is 0. The van der Waals surface area contributed by atoms with Crippen LogP contribution in [0.4, 0.5) is 0 Å². The van der Waals surface area contributed by atoms with Crippen LogP contribution in [0.3, 0.4) is 0 Å². The van der Waals surface area contributed by atoms with Crippen molar-refractivity contribution in [2.24, 2.45) is 44.8 Å². The first-order valence-electron chi connectivity index (χ1n) is 10.0. The molecule has 0 aromatic heterocycles. The molecule has 4 aliphatic rings. The second-order valence-corrected chi connectivity index (χ2v) is 9.51. The van der Waals surface area contributed by atoms with Crippen LogP contribution in [-0.4, -0.2) is 21.8 Å². The highest BCUT2D eigenvalue weighted by Crippen LogP contribution is 2.66. The van der Waals surface area contributed by atoms with Crippen LogP contribution >= 0.6 is 0 Å². The minimum Gasteiger partial charge on any atom is -0.411 e. The summed E-state index contributed by atoms with van der Waals surface area (Å²) in [7, 11) is 0. The van der Waals surface area contributed by atoms with Crippen molar-refractivity contribution in [2.75, 3.05) is 0 Å². The fraction of sp³-hybridized carbons (Fsp3) is 0.810. The minimum atomic E-state index is 0.288. The van der Waals surface area contributed by atoms with E-state index in [2.05, 4.69) is 30.2 Å². The average Bonchev–Trinajstić information content (AvgIpc) is 2.97. The van der Waals surface area contributed by atoms with E-state index in [0.717, 1.165) is 48.4 Å². The van der Waals surface area contributed by atoms with E-state index >= 15 is 0 Å². The van der Waals surface area contributed by atoms with Crippen LogP contribution < -0.4 is 0 Å². The van der Waals surface area contributed by atoms with E-state index in [9.17, 15) is 10.4 Å². The first-order valence-corrected chi connectivity index (χ1v) is 10.0. The molecule has 0 saturated heterocycles. The van der Waals surface area contributed by atoms with Crippen molar-refractivity contribution in [2.45, 2.75) is 72.1 Å². The molecule has 4 nitrogen and oxygen atoms in total. The highest BCUT2D eigenvalue weighted by Gasteiger charge is 2.59. The fourth-order valence-electron chi connectivity index (χ4n) is 7.41. The third-order valence-corrected chi connectivity index (χ3v) is 8.77. The Morgan fingerprint density at radius 3 is 2.56 bits per heavy atom. The van der Waals surface area contributed by atoms with Gasteiger partial charge in [0, 0.05) is 5.92 Å². The van der Waals surface area contributed by atoms with Gasteiger partial charge in [-0.2, -0.15) is 0 Å². The van der Waals surface area contributed by atoms with Gasteiger partial charge in [0.2, 0.25) is 0 Å². The van der Waals surface area contributed by atoms with Crippen LogP contribution in [0.15, 0.2) is 22.0 Å². The Labute approximate surface area is 151 Å². The first-order chi connectivity index (χ1) is 11.9. The van der Waals surface area contributed by atoms with Gasteiger partial charge in [0.1, 0.15) is 0 Å². The standard InChI is InChI=1S/C21H32N2O2/c1-13(22-24)17-6-7-18-16-5-4-14-12-15(23-25)8-10-20(14,2)19(16)9-11-21(17,18)3/h12,16-19,24-25H,4-11H2,1-3H3/t16-,17+,18-,19-,20-,21+/m0/s1. The van der Waals surface area contributed by atoms with Crippen LogP contribution in [0.25, 0.3) is 0 Å². The zero-order chi connectivity index (χ0) is 17.8. The number of rotatable bonds is 1. The zero-order valence-electron chi connectivity index (χ0n) is 15.8. The molecular formula is C21H32N2O2. The molecule has 3 saturated carbocycles. The smallest absolute Gasteiger partial charge is 0.0795 e. The summed E-state index contributed by atoms with van der Waals surface area (Å²) in [5, 5.41) is 25.6. The molecule has 0 aromatic carbocycles. The molecule has 2 N–H and O–H groups in total. The first kappa shape index (κ1) is 17.1. The van der Waals surface area contributed by atoms with E-state index in [1.807, 2.05) is 6.92 Å². The number of allylic oxidation sites excluding steroid dienone is 2. The van der Waals surface area contributed by atoms with Gasteiger partial charge >= 0.3 is 0 Å². The monoisotopic (exact) mass is 344 g/mol. The second-order valence-electron chi connectivity index (χ2n) is 9.51. The lowest BCUT2D eigenvalue weighted by molar-refractivity contribution is -0.0410. The van der Waals surface area contributed by atoms with Crippen molar-refractivity contribution in [1.29, 1.82) is 0 Å². The van der Waals surface area contributed by atoms with Gasteiger partial charge in [-0.15, -0.1) is 0 Å². The Balaban J connectivity index is 1.65. The summed E-state index contributed by atoms with van der Waals surface area (Å²) in [6, 6.07) is 0. The number of hydrogen-bond donors (Lipinski definition) is 2. The quantitative estimate of drug-likeness (QED) is 0.388. The minimum absolute atomic E-state index is 0.288. The second kappa shape index (κ2) is 5.85. The molecule has 0 aliphatic heterocycles. The lowest BCUT2D eigenvalue weighted by Gasteiger charge is -2.58. The lowest BCUT2D eigenvalue weighted by atomic mass is 9.46. The Hall–Kier alpha value is -1.32. The molecule has 0 aromatic rings. The van der Waals surface area contributed by atoms with Crippen molar-refractivity contribution >= 4 is 11.4 Å². The van der Waals surface area contributed by atoms with Crippen LogP contribution in [0.5, 0.6) is 0 Å². The Morgan fingerprint density at radius 2 is 1.84 bits per heavy atom. The molecule has 0 amide bonds. The van der Waals surface area contributed by atoms with Crippen LogP contribution in [0.2, 0.25) is 0 Å². The van der Waals surface area contributed by atoms with E-state index in [4.69, 9.17) is 0 Å². The Bertz CT molecular complexity index is 652. The van der Waals surface area contributed by atoms with E-state index in [1.54, 1.807) is 0 Å². The average molecular weight is 344 g/mol. The highest BCUT2D eigenvalue weighted by molar-refractivity contribution is 5.96. The molecule has 138 valence electrons. The molecule has 4 aliphatic carbocycles. The van der Waals surface area contributed by atoms with Gasteiger partial charge in [-0.3, -0.25) is 0 Å². The lowest BCUT2D eigenvalue weighted by Crippen LogP contribution is -2.51. The maximum absolute atomic E-state index is 9.32. The normalized spacial score (nSPS) is 48.5. The van der Waals surface area contributed by atoms with Crippen molar-refractivity contribution in [1.82, 2.24) is 0 Å². The number of hydrogen-bond acceptors (Lipinski definition) is 4. The Morgan fingerprint density at radius 1 is 1.04 bits per heavy atom. The summed E-state index contributed by atoms with van der Waals surface area (Å²) in [5.74, 6) is 2.77. The fourth-order valence-corrected chi connectivity index (χ4v) is 7.41. The zero-order valence-corrected chi connectivity index (χ0v) is 15.8. The van der Waals surface area contributed by atoms with Gasteiger partial charge in [0.15, 0.2) is 0 Å². The topological polar surface area (TPSA) is 65.2 Å². The van der Waals surface area contributed by atoms with Gasteiger partial charge < -0.3 is 10.4 Å². The third-order valence-electron chi connectivity index (χ3n) is 8.77. The largest absolute Gasteiger partial charge is 0.411 e. The summed E-state index contributed by atoms with van der Waals surface area (Å²) >= 11 is 0. The number of fused-ring (bicyclic) bond motifs is 5. The van der Waals surface area contributed by atoms with Crippen molar-refractivity contribution < 1.29 is 10.4 Å². The molecule has 0 radical (unpaired) electrons. The van der Waals surface area contributed by atoms with Gasteiger partial charge in [-0.05, 0) is 93.0 Å². The van der Waals surface area contributed by atoms with E-state index in [0.29, 0.717) is 11.3 Å². The van der Waals surface area contributed by atoms with E-state index in [-0.39, 0.29) is 5.41 Å². The summed E-state index contributed by atoms with van der Waals surface area (Å²) in [4.78, 5) is 0. The Kier molecular flexibility index (Phi) is 4.01. The molecule has 0 bridgehead atoms. The maximum Gasteiger partial charge on any atom is 0.0795 e. The molecule has 4 rings (SSSR count). The predicted octanol–water partition coefficient (Wildman–Crippen LogP) is 5.25. The number of oxime groups is 2. The summed E-state index contributed by atoms with van der Waals surface area (Å²) in [6.07, 6.45) is 11.6. The molecule has 3 fully saturated rings. The van der Waals surface area contributed by atoms with E-state index in [1.165, 1.54) is 37.7 Å². The SMILES string of the molecule is CC(=NO)[C@H]1CC[C@H]2[C@@H]3CCC4=CC(=NO)CC[C@]4(C)[C@H]3CC[C@]12C. The molecule has 4 heteroatoms. The molecule has 0 spiro atoms. The highest BCUT2D eigenvalue weighted by atomic mass is 16.4. The summed E-state index contributed by atoms with van der Waals surface area (Å²) in [5.41, 5.74) is 3.92. The van der Waals surface area contributed by atoms with Gasteiger partial charge in [-0.25, -0.2) is 0 Å². The van der Waals surface area contributed by atoms with E-state index < -0.39 is 0 Å².